The fourth-order valence-corrected chi connectivity index (χ4v) is 4.96. The number of aromatic amines is 1. The quantitative estimate of drug-likeness (QED) is 0.256. The summed E-state index contributed by atoms with van der Waals surface area (Å²) in [4.78, 5) is 39.1. The minimum Gasteiger partial charge on any atom is -0.360 e. The van der Waals surface area contributed by atoms with Crippen LogP contribution in [-0.4, -0.2) is 57.8 Å². The topological polar surface area (TPSA) is 115 Å². The van der Waals surface area contributed by atoms with Gasteiger partial charge in [0.05, 0.1) is 22.8 Å². The Morgan fingerprint density at radius 1 is 1.11 bits per heavy atom. The molecule has 5 rings (SSSR count). The maximum Gasteiger partial charge on any atom is 0.247 e. The summed E-state index contributed by atoms with van der Waals surface area (Å²) in [6.07, 6.45) is 5.33. The Labute approximate surface area is 225 Å². The number of likely N-dealkylation sites (tertiary alicyclic amines) is 1. The van der Waals surface area contributed by atoms with E-state index in [9.17, 15) is 9.59 Å². The normalized spacial score (nSPS) is 17.6. The minimum absolute atomic E-state index is 0.0296. The van der Waals surface area contributed by atoms with Gasteiger partial charge in [-0.15, -0.1) is 0 Å². The van der Waals surface area contributed by atoms with E-state index in [2.05, 4.69) is 37.4 Å². The van der Waals surface area contributed by atoms with Crippen molar-refractivity contribution in [3.8, 4) is 11.3 Å². The van der Waals surface area contributed by atoms with Gasteiger partial charge in [0.1, 0.15) is 0 Å². The molecule has 10 heteroatoms. The molecule has 38 heavy (non-hydrogen) atoms. The van der Waals surface area contributed by atoms with Crippen molar-refractivity contribution in [2.24, 2.45) is 5.92 Å². The summed E-state index contributed by atoms with van der Waals surface area (Å²) in [7, 11) is 1.99. The number of fused-ring (bicyclic) bond motifs is 1. The van der Waals surface area contributed by atoms with Crippen molar-refractivity contribution in [2.75, 3.05) is 36.1 Å². The highest BCUT2D eigenvalue weighted by atomic mass is 35.5. The Hall–Kier alpha value is -4.21. The third kappa shape index (κ3) is 5.69. The van der Waals surface area contributed by atoms with Crippen LogP contribution in [0.25, 0.3) is 22.2 Å². The molecule has 194 valence electrons. The molecular formula is C28H28ClN7O2. The second-order valence-corrected chi connectivity index (χ2v) is 9.80. The van der Waals surface area contributed by atoms with E-state index in [1.165, 1.54) is 6.08 Å². The average Bonchev–Trinajstić information content (AvgIpc) is 3.34. The van der Waals surface area contributed by atoms with Gasteiger partial charge in [-0.1, -0.05) is 36.4 Å². The molecule has 2 aromatic heterocycles. The molecule has 4 aromatic rings. The van der Waals surface area contributed by atoms with Gasteiger partial charge in [-0.25, -0.2) is 9.97 Å². The van der Waals surface area contributed by atoms with Crippen LogP contribution >= 0.6 is 11.6 Å². The van der Waals surface area contributed by atoms with Crippen molar-refractivity contribution in [3.63, 3.8) is 0 Å². The van der Waals surface area contributed by atoms with E-state index in [1.807, 2.05) is 37.5 Å². The van der Waals surface area contributed by atoms with Crippen LogP contribution in [0.2, 0.25) is 5.02 Å². The van der Waals surface area contributed by atoms with Crippen LogP contribution in [0.1, 0.15) is 6.42 Å². The number of nitrogens with one attached hydrogen (secondary N) is 4. The first kappa shape index (κ1) is 25.4. The van der Waals surface area contributed by atoms with Crippen molar-refractivity contribution in [3.05, 3.63) is 78.6 Å². The average molecular weight is 530 g/mol. The number of rotatable bonds is 7. The Bertz CT molecular complexity index is 1480. The molecule has 2 amide bonds. The smallest absolute Gasteiger partial charge is 0.247 e. The van der Waals surface area contributed by atoms with E-state index in [0.29, 0.717) is 41.0 Å². The summed E-state index contributed by atoms with van der Waals surface area (Å²) in [6.45, 7) is 4.83. The predicted octanol–water partition coefficient (Wildman–Crippen LogP) is 4.77. The van der Waals surface area contributed by atoms with Gasteiger partial charge in [-0.3, -0.25) is 9.59 Å². The molecule has 0 spiro atoms. The van der Waals surface area contributed by atoms with Crippen molar-refractivity contribution in [1.82, 2.24) is 19.9 Å². The Balaban J connectivity index is 1.26. The van der Waals surface area contributed by atoms with Crippen molar-refractivity contribution >= 4 is 51.6 Å². The van der Waals surface area contributed by atoms with E-state index >= 15 is 0 Å². The van der Waals surface area contributed by atoms with Crippen LogP contribution in [0.4, 0.5) is 17.3 Å². The maximum absolute atomic E-state index is 13.1. The first-order valence-corrected chi connectivity index (χ1v) is 12.7. The fourth-order valence-electron chi connectivity index (χ4n) is 4.76. The summed E-state index contributed by atoms with van der Waals surface area (Å²) >= 11 is 6.48. The Kier molecular flexibility index (Phi) is 7.39. The summed E-state index contributed by atoms with van der Waals surface area (Å²) in [5, 5.41) is 10.6. The third-order valence-corrected chi connectivity index (χ3v) is 6.81. The SMILES string of the molecule is C=CC(=O)Nc1ccc(NC(=O)[C@@H]2C[C@@H](Nc3ncc(Cl)c(-c4c[nH]c5ccccc45)n3)CN(C)C2)cc1. The van der Waals surface area contributed by atoms with Crippen LogP contribution in [0.3, 0.4) is 0 Å². The largest absolute Gasteiger partial charge is 0.360 e. The number of piperidine rings is 1. The van der Waals surface area contributed by atoms with Gasteiger partial charge < -0.3 is 25.8 Å². The van der Waals surface area contributed by atoms with Gasteiger partial charge in [0, 0.05) is 53.2 Å². The number of aromatic nitrogens is 3. The highest BCUT2D eigenvalue weighted by Crippen LogP contribution is 2.32. The van der Waals surface area contributed by atoms with Crippen molar-refractivity contribution in [2.45, 2.75) is 12.5 Å². The zero-order chi connectivity index (χ0) is 26.6. The number of nitrogens with zero attached hydrogens (tertiary/aromatic N) is 3. The second-order valence-electron chi connectivity index (χ2n) is 9.39. The number of carbonyl (C=O) groups excluding carboxylic acids is 2. The summed E-state index contributed by atoms with van der Waals surface area (Å²) in [6, 6.07) is 14.9. The molecular weight excluding hydrogens is 502 g/mol. The molecule has 0 saturated carbocycles. The molecule has 9 nitrogen and oxygen atoms in total. The number of halogens is 1. The number of para-hydroxylation sites is 1. The second kappa shape index (κ2) is 11.0. The van der Waals surface area contributed by atoms with Crippen LogP contribution in [-0.2, 0) is 9.59 Å². The lowest BCUT2D eigenvalue weighted by molar-refractivity contribution is -0.121. The van der Waals surface area contributed by atoms with E-state index in [-0.39, 0.29) is 23.8 Å². The third-order valence-electron chi connectivity index (χ3n) is 6.53. The molecule has 4 N–H and O–H groups in total. The number of hydrogen-bond acceptors (Lipinski definition) is 6. The lowest BCUT2D eigenvalue weighted by atomic mass is 9.93. The van der Waals surface area contributed by atoms with E-state index in [1.54, 1.807) is 30.5 Å². The van der Waals surface area contributed by atoms with E-state index in [4.69, 9.17) is 16.6 Å². The number of likely N-dealkylation sites (N-methyl/N-ethyl adjacent to an activating group) is 1. The van der Waals surface area contributed by atoms with Gasteiger partial charge in [0.25, 0.3) is 0 Å². The minimum atomic E-state index is -0.288. The molecule has 3 heterocycles. The van der Waals surface area contributed by atoms with Crippen LogP contribution in [0.15, 0.2) is 73.6 Å². The van der Waals surface area contributed by atoms with Crippen molar-refractivity contribution < 1.29 is 9.59 Å². The van der Waals surface area contributed by atoms with E-state index < -0.39 is 0 Å². The Morgan fingerprint density at radius 2 is 1.84 bits per heavy atom. The van der Waals surface area contributed by atoms with Crippen molar-refractivity contribution in [1.29, 1.82) is 0 Å². The highest BCUT2D eigenvalue weighted by Gasteiger charge is 2.30. The molecule has 1 aliphatic heterocycles. The summed E-state index contributed by atoms with van der Waals surface area (Å²) in [5.41, 5.74) is 3.85. The Morgan fingerprint density at radius 3 is 2.61 bits per heavy atom. The molecule has 1 saturated heterocycles. The number of anilines is 3. The molecule has 0 bridgehead atoms. The first-order valence-electron chi connectivity index (χ1n) is 12.3. The number of benzene rings is 2. The number of amides is 2. The molecule has 2 atom stereocenters. The zero-order valence-electron chi connectivity index (χ0n) is 20.9. The maximum atomic E-state index is 13.1. The first-order chi connectivity index (χ1) is 18.4. The molecule has 1 fully saturated rings. The number of H-pyrrole nitrogens is 1. The van der Waals surface area contributed by atoms with Crippen LogP contribution in [0, 0.1) is 5.92 Å². The lowest BCUT2D eigenvalue weighted by Crippen LogP contribution is -2.48. The number of hydrogen-bond donors (Lipinski definition) is 4. The van der Waals surface area contributed by atoms with Gasteiger partial charge in [-0.05, 0) is 49.9 Å². The molecule has 0 unspecified atom stereocenters. The van der Waals surface area contributed by atoms with Gasteiger partial charge in [-0.2, -0.15) is 0 Å². The summed E-state index contributed by atoms with van der Waals surface area (Å²) < 4.78 is 0. The molecule has 1 aliphatic rings. The molecule has 2 aromatic carbocycles. The lowest BCUT2D eigenvalue weighted by Gasteiger charge is -2.35. The number of carbonyl (C=O) groups is 2. The van der Waals surface area contributed by atoms with Gasteiger partial charge in [0.15, 0.2) is 0 Å². The van der Waals surface area contributed by atoms with E-state index in [0.717, 1.165) is 23.0 Å². The standard InChI is InChI=1S/C28H28ClN7O2/c1-3-25(37)32-18-8-10-19(11-9-18)33-27(38)17-12-20(16-36(2)15-17)34-28-31-14-23(29)26(35-28)22-13-30-24-7-5-4-6-21(22)24/h3-11,13-14,17,20,30H,1,12,15-16H2,2H3,(H,32,37)(H,33,38)(H,31,34,35)/t17-,20-/m1/s1. The fraction of sp³-hybridized carbons (Fsp3) is 0.214. The summed E-state index contributed by atoms with van der Waals surface area (Å²) in [5.74, 6) is -0.121. The van der Waals surface area contributed by atoms with Gasteiger partial charge in [0.2, 0.25) is 17.8 Å². The predicted molar refractivity (Wildman–Crippen MR) is 151 cm³/mol. The monoisotopic (exact) mass is 529 g/mol. The molecule has 0 radical (unpaired) electrons. The zero-order valence-corrected chi connectivity index (χ0v) is 21.6. The molecule has 0 aliphatic carbocycles. The highest BCUT2D eigenvalue weighted by molar-refractivity contribution is 6.33. The van der Waals surface area contributed by atoms with Crippen LogP contribution < -0.4 is 16.0 Å². The van der Waals surface area contributed by atoms with Gasteiger partial charge >= 0.3 is 0 Å². The van der Waals surface area contributed by atoms with Crippen LogP contribution in [0.5, 0.6) is 0 Å².